The lowest BCUT2D eigenvalue weighted by molar-refractivity contribution is 0.278. The first-order chi connectivity index (χ1) is 7.67. The first kappa shape index (κ1) is 13.5. The minimum absolute atomic E-state index is 0.699. The number of nitrogens with two attached hydrogens (primary N) is 1. The van der Waals surface area contributed by atoms with E-state index >= 15 is 0 Å². The van der Waals surface area contributed by atoms with E-state index in [0.29, 0.717) is 5.13 Å². The van der Waals surface area contributed by atoms with Gasteiger partial charge in [0.15, 0.2) is 5.13 Å². The second kappa shape index (κ2) is 6.86. The van der Waals surface area contributed by atoms with Crippen LogP contribution in [0.5, 0.6) is 0 Å². The Balaban J connectivity index is 2.44. The number of anilines is 1. The van der Waals surface area contributed by atoms with Crippen LogP contribution < -0.4 is 5.73 Å². The Morgan fingerprint density at radius 2 is 1.81 bits per heavy atom. The van der Waals surface area contributed by atoms with Crippen molar-refractivity contribution in [1.29, 1.82) is 0 Å². The Hall–Kier alpha value is -0.610. The standard InChI is InChI=1S/C12H23N3S/c1-4-7-15(8-5-2)9-6-11-10(3)14-12(13)16-11/h4-9H2,1-3H3,(H2,13,14). The molecule has 0 saturated heterocycles. The molecule has 0 fully saturated rings. The zero-order valence-electron chi connectivity index (χ0n) is 10.6. The van der Waals surface area contributed by atoms with Gasteiger partial charge in [0.2, 0.25) is 0 Å². The van der Waals surface area contributed by atoms with Crippen molar-refractivity contribution in [2.45, 2.75) is 40.0 Å². The molecule has 0 saturated carbocycles. The van der Waals surface area contributed by atoms with E-state index < -0.39 is 0 Å². The van der Waals surface area contributed by atoms with Crippen LogP contribution in [0.1, 0.15) is 37.3 Å². The number of rotatable bonds is 7. The smallest absolute Gasteiger partial charge is 0.180 e. The molecule has 16 heavy (non-hydrogen) atoms. The minimum Gasteiger partial charge on any atom is -0.375 e. The van der Waals surface area contributed by atoms with Crippen molar-refractivity contribution >= 4 is 16.5 Å². The molecule has 3 nitrogen and oxygen atoms in total. The lowest BCUT2D eigenvalue weighted by Gasteiger charge is -2.20. The lowest BCUT2D eigenvalue weighted by Crippen LogP contribution is -2.27. The zero-order valence-corrected chi connectivity index (χ0v) is 11.4. The Morgan fingerprint density at radius 1 is 1.19 bits per heavy atom. The average Bonchev–Trinajstić information content (AvgIpc) is 2.54. The van der Waals surface area contributed by atoms with Crippen LogP contribution in [0.2, 0.25) is 0 Å². The van der Waals surface area contributed by atoms with Crippen LogP contribution in [0.25, 0.3) is 0 Å². The van der Waals surface area contributed by atoms with Crippen molar-refractivity contribution < 1.29 is 0 Å². The van der Waals surface area contributed by atoms with Gasteiger partial charge in [-0.25, -0.2) is 4.98 Å². The molecule has 1 rings (SSSR count). The molecule has 92 valence electrons. The summed E-state index contributed by atoms with van der Waals surface area (Å²) in [5.41, 5.74) is 6.80. The largest absolute Gasteiger partial charge is 0.375 e. The van der Waals surface area contributed by atoms with Gasteiger partial charge in [0.05, 0.1) is 5.69 Å². The van der Waals surface area contributed by atoms with Crippen LogP contribution in [0.3, 0.4) is 0 Å². The molecule has 0 aliphatic carbocycles. The molecule has 1 aromatic heterocycles. The van der Waals surface area contributed by atoms with E-state index in [9.17, 15) is 0 Å². The molecule has 0 amide bonds. The molecule has 0 bridgehead atoms. The van der Waals surface area contributed by atoms with Crippen LogP contribution in [0.4, 0.5) is 5.13 Å². The van der Waals surface area contributed by atoms with Gasteiger partial charge in [-0.1, -0.05) is 13.8 Å². The quantitative estimate of drug-likeness (QED) is 0.798. The topological polar surface area (TPSA) is 42.1 Å². The molecule has 2 N–H and O–H groups in total. The maximum absolute atomic E-state index is 5.70. The first-order valence-electron chi connectivity index (χ1n) is 6.11. The second-order valence-corrected chi connectivity index (χ2v) is 5.27. The third-order valence-corrected chi connectivity index (χ3v) is 3.69. The number of nitrogens with zero attached hydrogens (tertiary/aromatic N) is 2. The molecule has 0 aliphatic heterocycles. The Morgan fingerprint density at radius 3 is 2.25 bits per heavy atom. The van der Waals surface area contributed by atoms with Crippen molar-refractivity contribution in [3.05, 3.63) is 10.6 Å². The fourth-order valence-electron chi connectivity index (χ4n) is 1.91. The molecular weight excluding hydrogens is 218 g/mol. The summed E-state index contributed by atoms with van der Waals surface area (Å²) in [5, 5.41) is 0.699. The minimum atomic E-state index is 0.699. The summed E-state index contributed by atoms with van der Waals surface area (Å²) in [7, 11) is 0. The van der Waals surface area contributed by atoms with E-state index in [4.69, 9.17) is 5.73 Å². The number of aryl methyl sites for hydroxylation is 1. The third-order valence-electron chi connectivity index (χ3n) is 2.64. The normalized spacial score (nSPS) is 11.2. The van der Waals surface area contributed by atoms with Crippen molar-refractivity contribution in [2.24, 2.45) is 0 Å². The van der Waals surface area contributed by atoms with Crippen LogP contribution in [-0.2, 0) is 6.42 Å². The summed E-state index contributed by atoms with van der Waals surface area (Å²) in [6.45, 7) is 10.0. The Labute approximate surface area is 103 Å². The molecular formula is C12H23N3S. The van der Waals surface area contributed by atoms with E-state index in [1.165, 1.54) is 30.8 Å². The van der Waals surface area contributed by atoms with Crippen LogP contribution in [0, 0.1) is 6.92 Å². The van der Waals surface area contributed by atoms with Gasteiger partial charge in [0.25, 0.3) is 0 Å². The third kappa shape index (κ3) is 4.10. The predicted octanol–water partition coefficient (Wildman–Crippen LogP) is 2.70. The molecule has 0 radical (unpaired) electrons. The van der Waals surface area contributed by atoms with Crippen molar-refractivity contribution in [2.75, 3.05) is 25.4 Å². The summed E-state index contributed by atoms with van der Waals surface area (Å²) in [5.74, 6) is 0. The number of hydrogen-bond donors (Lipinski definition) is 1. The summed E-state index contributed by atoms with van der Waals surface area (Å²) < 4.78 is 0. The van der Waals surface area contributed by atoms with Crippen LogP contribution in [-0.4, -0.2) is 29.5 Å². The van der Waals surface area contributed by atoms with E-state index in [0.717, 1.165) is 18.7 Å². The van der Waals surface area contributed by atoms with Gasteiger partial charge in [-0.15, -0.1) is 11.3 Å². The fraction of sp³-hybridized carbons (Fsp3) is 0.750. The molecule has 0 spiro atoms. The highest BCUT2D eigenvalue weighted by Gasteiger charge is 2.08. The van der Waals surface area contributed by atoms with Gasteiger partial charge >= 0.3 is 0 Å². The number of aromatic nitrogens is 1. The maximum Gasteiger partial charge on any atom is 0.180 e. The molecule has 0 aliphatic rings. The summed E-state index contributed by atoms with van der Waals surface area (Å²) in [6.07, 6.45) is 3.54. The van der Waals surface area contributed by atoms with E-state index in [1.807, 2.05) is 6.92 Å². The van der Waals surface area contributed by atoms with Crippen molar-refractivity contribution in [3.8, 4) is 0 Å². The molecule has 4 heteroatoms. The zero-order chi connectivity index (χ0) is 12.0. The highest BCUT2D eigenvalue weighted by Crippen LogP contribution is 2.20. The van der Waals surface area contributed by atoms with Crippen LogP contribution >= 0.6 is 11.3 Å². The van der Waals surface area contributed by atoms with Gasteiger partial charge in [-0.05, 0) is 39.3 Å². The van der Waals surface area contributed by atoms with E-state index in [-0.39, 0.29) is 0 Å². The number of hydrogen-bond acceptors (Lipinski definition) is 4. The molecule has 1 heterocycles. The Bertz CT molecular complexity index is 303. The first-order valence-corrected chi connectivity index (χ1v) is 6.93. The monoisotopic (exact) mass is 241 g/mol. The van der Waals surface area contributed by atoms with Crippen molar-refractivity contribution in [1.82, 2.24) is 9.88 Å². The molecule has 0 aromatic carbocycles. The number of nitrogen functional groups attached to an aromatic ring is 1. The molecule has 0 atom stereocenters. The molecule has 1 aromatic rings. The predicted molar refractivity (Wildman–Crippen MR) is 72.0 cm³/mol. The van der Waals surface area contributed by atoms with Gasteiger partial charge < -0.3 is 10.6 Å². The maximum atomic E-state index is 5.70. The average molecular weight is 241 g/mol. The summed E-state index contributed by atoms with van der Waals surface area (Å²) in [4.78, 5) is 8.12. The van der Waals surface area contributed by atoms with E-state index in [1.54, 1.807) is 11.3 Å². The lowest BCUT2D eigenvalue weighted by atomic mass is 10.2. The van der Waals surface area contributed by atoms with E-state index in [2.05, 4.69) is 23.7 Å². The summed E-state index contributed by atoms with van der Waals surface area (Å²) in [6, 6.07) is 0. The highest BCUT2D eigenvalue weighted by atomic mass is 32.1. The van der Waals surface area contributed by atoms with Crippen LogP contribution in [0.15, 0.2) is 0 Å². The van der Waals surface area contributed by atoms with Crippen molar-refractivity contribution in [3.63, 3.8) is 0 Å². The second-order valence-electron chi connectivity index (χ2n) is 4.15. The van der Waals surface area contributed by atoms with Gasteiger partial charge in [0, 0.05) is 11.4 Å². The fourth-order valence-corrected chi connectivity index (χ4v) is 2.73. The van der Waals surface area contributed by atoms with Gasteiger partial charge in [-0.2, -0.15) is 0 Å². The summed E-state index contributed by atoms with van der Waals surface area (Å²) >= 11 is 1.63. The highest BCUT2D eigenvalue weighted by molar-refractivity contribution is 7.15. The van der Waals surface area contributed by atoms with Gasteiger partial charge in [-0.3, -0.25) is 0 Å². The number of thiazole rings is 1. The SMILES string of the molecule is CCCN(CCC)CCc1sc(N)nc1C. The Kier molecular flexibility index (Phi) is 5.77. The van der Waals surface area contributed by atoms with Gasteiger partial charge in [0.1, 0.15) is 0 Å². The molecule has 0 unspecified atom stereocenters.